The van der Waals surface area contributed by atoms with E-state index in [0.29, 0.717) is 30.9 Å². The van der Waals surface area contributed by atoms with E-state index in [-0.39, 0.29) is 19.8 Å². The van der Waals surface area contributed by atoms with Gasteiger partial charge in [0.05, 0.1) is 25.9 Å². The van der Waals surface area contributed by atoms with Crippen LogP contribution in [0.25, 0.3) is 0 Å². The fourth-order valence-corrected chi connectivity index (χ4v) is 2.04. The van der Waals surface area contributed by atoms with Crippen LogP contribution < -0.4 is 9.64 Å². The number of benzene rings is 1. The van der Waals surface area contributed by atoms with Gasteiger partial charge in [0.25, 0.3) is 0 Å². The summed E-state index contributed by atoms with van der Waals surface area (Å²) in [5, 5.41) is 27.8. The zero-order valence-electron chi connectivity index (χ0n) is 12.7. The molecule has 7 nitrogen and oxygen atoms in total. The lowest BCUT2D eigenvalue weighted by molar-refractivity contribution is -0.903. The number of esters is 1. The molecule has 0 aliphatic carbocycles. The molecule has 0 fully saturated rings. The van der Waals surface area contributed by atoms with Crippen molar-refractivity contribution in [2.75, 3.05) is 46.6 Å². The number of quaternary nitrogens is 1. The van der Waals surface area contributed by atoms with Crippen molar-refractivity contribution >= 4 is 5.97 Å². The summed E-state index contributed by atoms with van der Waals surface area (Å²) < 4.78 is 10.1. The van der Waals surface area contributed by atoms with Crippen LogP contribution in [0.5, 0.6) is 5.75 Å². The van der Waals surface area contributed by atoms with Crippen LogP contribution >= 0.6 is 0 Å². The molecule has 0 heterocycles. The van der Waals surface area contributed by atoms with E-state index in [1.165, 1.54) is 7.11 Å². The number of carbonyl (C=O) groups is 1. The van der Waals surface area contributed by atoms with Crippen LogP contribution in [0.1, 0.15) is 10.4 Å². The van der Waals surface area contributed by atoms with Gasteiger partial charge in [-0.2, -0.15) is 0 Å². The molecule has 7 heteroatoms. The van der Waals surface area contributed by atoms with Crippen LogP contribution in [-0.2, 0) is 4.74 Å². The molecule has 1 atom stereocenters. The van der Waals surface area contributed by atoms with Crippen LogP contribution in [0.15, 0.2) is 24.3 Å². The molecule has 0 radical (unpaired) electrons. The number of rotatable bonds is 10. The Morgan fingerprint density at radius 2 is 1.77 bits per heavy atom. The summed E-state index contributed by atoms with van der Waals surface area (Å²) in [6.07, 6.45) is -0.714. The molecule has 22 heavy (non-hydrogen) atoms. The second-order valence-electron chi connectivity index (χ2n) is 4.88. The first-order chi connectivity index (χ1) is 10.6. The Hall–Kier alpha value is -1.67. The predicted molar refractivity (Wildman–Crippen MR) is 79.0 cm³/mol. The third-order valence-electron chi connectivity index (χ3n) is 3.17. The van der Waals surface area contributed by atoms with Crippen molar-refractivity contribution in [2.45, 2.75) is 6.10 Å². The summed E-state index contributed by atoms with van der Waals surface area (Å²) in [5.41, 5.74) is 0.428. The zero-order chi connectivity index (χ0) is 16.4. The van der Waals surface area contributed by atoms with Crippen molar-refractivity contribution in [3.63, 3.8) is 0 Å². The monoisotopic (exact) mass is 314 g/mol. The number of hydrogen-bond acceptors (Lipinski definition) is 6. The molecule has 0 unspecified atom stereocenters. The van der Waals surface area contributed by atoms with Crippen LogP contribution in [0.4, 0.5) is 0 Å². The van der Waals surface area contributed by atoms with Crippen molar-refractivity contribution in [3.05, 3.63) is 29.8 Å². The van der Waals surface area contributed by atoms with Gasteiger partial charge in [-0.15, -0.1) is 0 Å². The second-order valence-corrected chi connectivity index (χ2v) is 4.88. The molecule has 0 aliphatic rings. The summed E-state index contributed by atoms with van der Waals surface area (Å²) >= 11 is 0. The van der Waals surface area contributed by atoms with Gasteiger partial charge in [0, 0.05) is 0 Å². The minimum absolute atomic E-state index is 0.00208. The number of methoxy groups -OCH3 is 1. The first kappa shape index (κ1) is 18.4. The summed E-state index contributed by atoms with van der Waals surface area (Å²) in [6, 6.07) is 6.43. The highest BCUT2D eigenvalue weighted by Gasteiger charge is 2.15. The summed E-state index contributed by atoms with van der Waals surface area (Å²) in [7, 11) is 1.32. The van der Waals surface area contributed by atoms with Crippen molar-refractivity contribution in [2.24, 2.45) is 0 Å². The molecule has 1 aromatic rings. The lowest BCUT2D eigenvalue weighted by atomic mass is 10.2. The maximum Gasteiger partial charge on any atom is 0.337 e. The van der Waals surface area contributed by atoms with E-state index in [9.17, 15) is 9.90 Å². The zero-order valence-corrected chi connectivity index (χ0v) is 12.7. The number of nitrogens with one attached hydrogen (secondary N) is 1. The van der Waals surface area contributed by atoms with Gasteiger partial charge in [-0.1, -0.05) is 0 Å². The highest BCUT2D eigenvalue weighted by Crippen LogP contribution is 2.12. The molecule has 0 spiro atoms. The molecule has 0 saturated carbocycles. The number of carbonyl (C=O) groups excluding carboxylic acids is 1. The Morgan fingerprint density at radius 1 is 1.18 bits per heavy atom. The van der Waals surface area contributed by atoms with E-state index in [1.807, 2.05) is 0 Å². The Balaban J connectivity index is 2.42. The van der Waals surface area contributed by atoms with E-state index in [0.717, 1.165) is 4.90 Å². The van der Waals surface area contributed by atoms with Crippen molar-refractivity contribution < 1.29 is 34.5 Å². The Bertz CT molecular complexity index is 430. The lowest BCUT2D eigenvalue weighted by Crippen LogP contribution is -3.14. The van der Waals surface area contributed by atoms with E-state index < -0.39 is 12.1 Å². The predicted octanol–water partition coefficient (Wildman–Crippen LogP) is -1.92. The number of aliphatic hydroxyl groups excluding tert-OH is 3. The molecule has 4 N–H and O–H groups in total. The van der Waals surface area contributed by atoms with Crippen LogP contribution in [0.2, 0.25) is 0 Å². The highest BCUT2D eigenvalue weighted by molar-refractivity contribution is 5.89. The molecule has 1 rings (SSSR count). The molecule has 0 amide bonds. The standard InChI is InChI=1S/C15H23NO6/c1-21-15(20)12-2-4-14(5-3-12)22-11-13(19)10-16(6-8-17)7-9-18/h2-5,13,17-19H,6-11H2,1H3/p+1/t13-/m0/s1. The third-order valence-corrected chi connectivity index (χ3v) is 3.17. The second kappa shape index (κ2) is 10.1. The lowest BCUT2D eigenvalue weighted by Gasteiger charge is -2.20. The van der Waals surface area contributed by atoms with Crippen LogP contribution in [0, 0.1) is 0 Å². The Morgan fingerprint density at radius 3 is 2.27 bits per heavy atom. The number of hydrogen-bond donors (Lipinski definition) is 4. The molecular formula is C15H24NO6+. The molecular weight excluding hydrogens is 290 g/mol. The van der Waals surface area contributed by atoms with Gasteiger partial charge in [0.2, 0.25) is 0 Å². The van der Waals surface area contributed by atoms with Crippen molar-refractivity contribution in [1.29, 1.82) is 0 Å². The largest absolute Gasteiger partial charge is 0.491 e. The van der Waals surface area contributed by atoms with Crippen molar-refractivity contribution in [1.82, 2.24) is 0 Å². The summed E-state index contributed by atoms with van der Waals surface area (Å²) in [5.74, 6) is 0.122. The third kappa shape index (κ3) is 6.40. The fourth-order valence-electron chi connectivity index (χ4n) is 2.04. The van der Waals surface area contributed by atoms with Gasteiger partial charge in [0.1, 0.15) is 38.1 Å². The topological polar surface area (TPSA) is 101 Å². The first-order valence-corrected chi connectivity index (χ1v) is 7.15. The number of aliphatic hydroxyl groups is 3. The van der Waals surface area contributed by atoms with Crippen LogP contribution in [-0.4, -0.2) is 74.0 Å². The van der Waals surface area contributed by atoms with Gasteiger partial charge in [-0.3, -0.25) is 0 Å². The van der Waals surface area contributed by atoms with Gasteiger partial charge in [-0.05, 0) is 24.3 Å². The summed E-state index contributed by atoms with van der Waals surface area (Å²) in [4.78, 5) is 12.2. The quantitative estimate of drug-likeness (QED) is 0.376. The average molecular weight is 314 g/mol. The highest BCUT2D eigenvalue weighted by atomic mass is 16.5. The molecule has 0 aromatic heterocycles. The minimum Gasteiger partial charge on any atom is -0.491 e. The van der Waals surface area contributed by atoms with E-state index >= 15 is 0 Å². The first-order valence-electron chi connectivity index (χ1n) is 7.15. The molecule has 0 bridgehead atoms. The molecule has 0 aliphatic heterocycles. The van der Waals surface area contributed by atoms with E-state index in [2.05, 4.69) is 4.74 Å². The summed E-state index contributed by atoms with van der Waals surface area (Å²) in [6.45, 7) is 1.39. The smallest absolute Gasteiger partial charge is 0.337 e. The Labute approximate surface area is 129 Å². The van der Waals surface area contributed by atoms with Gasteiger partial charge in [-0.25, -0.2) is 4.79 Å². The molecule has 124 valence electrons. The molecule has 1 aromatic carbocycles. The van der Waals surface area contributed by atoms with Gasteiger partial charge < -0.3 is 29.7 Å². The Kier molecular flexibility index (Phi) is 8.46. The maximum atomic E-state index is 11.3. The number of ether oxygens (including phenoxy) is 2. The SMILES string of the molecule is COC(=O)c1ccc(OC[C@@H](O)C[NH+](CCO)CCO)cc1. The van der Waals surface area contributed by atoms with E-state index in [4.69, 9.17) is 14.9 Å². The average Bonchev–Trinajstić information content (AvgIpc) is 2.53. The normalized spacial score (nSPS) is 12.2. The van der Waals surface area contributed by atoms with Gasteiger partial charge >= 0.3 is 5.97 Å². The van der Waals surface area contributed by atoms with E-state index in [1.54, 1.807) is 24.3 Å². The fraction of sp³-hybridized carbons (Fsp3) is 0.533. The minimum atomic E-state index is -0.714. The maximum absolute atomic E-state index is 11.3. The van der Waals surface area contributed by atoms with Crippen molar-refractivity contribution in [3.8, 4) is 5.75 Å². The van der Waals surface area contributed by atoms with Crippen LogP contribution in [0.3, 0.4) is 0 Å². The van der Waals surface area contributed by atoms with Gasteiger partial charge in [0.15, 0.2) is 0 Å². The molecule has 0 saturated heterocycles.